The van der Waals surface area contributed by atoms with Crippen LogP contribution in [-0.2, 0) is 7.05 Å². The molecule has 0 saturated heterocycles. The Kier molecular flexibility index (Phi) is 3.01. The number of imidazole rings is 1. The molecule has 1 N–H and O–H groups in total. The van der Waals surface area contributed by atoms with Gasteiger partial charge in [0, 0.05) is 32.4 Å². The maximum absolute atomic E-state index is 11.7. The summed E-state index contributed by atoms with van der Waals surface area (Å²) in [4.78, 5) is 3.92. The molecule has 68 valence electrons. The van der Waals surface area contributed by atoms with Crippen LogP contribution in [0, 0.1) is 0 Å². The third-order valence-electron chi connectivity index (χ3n) is 1.47. The molecule has 0 aromatic carbocycles. The molecular weight excluding hydrogens is 164 g/mol. The predicted molar refractivity (Wildman–Crippen MR) is 42.3 cm³/mol. The van der Waals surface area contributed by atoms with E-state index in [2.05, 4.69) is 10.3 Å². The maximum atomic E-state index is 11.7. The zero-order valence-corrected chi connectivity index (χ0v) is 6.80. The number of halogens is 2. The van der Waals surface area contributed by atoms with Gasteiger partial charge in [-0.1, -0.05) is 0 Å². The van der Waals surface area contributed by atoms with Crippen molar-refractivity contribution >= 4 is 5.95 Å². The number of alkyl halides is 2. The topological polar surface area (TPSA) is 29.9 Å². The van der Waals surface area contributed by atoms with Crippen molar-refractivity contribution in [1.82, 2.24) is 9.55 Å². The van der Waals surface area contributed by atoms with E-state index in [-0.39, 0.29) is 13.0 Å². The first kappa shape index (κ1) is 8.96. The van der Waals surface area contributed by atoms with Crippen LogP contribution in [0.25, 0.3) is 0 Å². The summed E-state index contributed by atoms with van der Waals surface area (Å²) in [6.45, 7) is 0.252. The molecule has 0 atom stereocenters. The largest absolute Gasteiger partial charge is 0.355 e. The van der Waals surface area contributed by atoms with Crippen LogP contribution in [0.3, 0.4) is 0 Å². The molecule has 1 aromatic rings. The number of aromatic nitrogens is 2. The van der Waals surface area contributed by atoms with Crippen molar-refractivity contribution in [3.05, 3.63) is 12.4 Å². The smallest absolute Gasteiger partial charge is 0.240 e. The highest BCUT2D eigenvalue weighted by molar-refractivity contribution is 5.24. The number of anilines is 1. The van der Waals surface area contributed by atoms with Gasteiger partial charge in [-0.15, -0.1) is 0 Å². The summed E-state index contributed by atoms with van der Waals surface area (Å²) < 4.78 is 25.1. The fourth-order valence-electron chi connectivity index (χ4n) is 0.829. The lowest BCUT2D eigenvalue weighted by Crippen LogP contribution is -2.09. The number of aryl methyl sites for hydroxylation is 1. The molecule has 0 amide bonds. The molecule has 0 radical (unpaired) electrons. The Morgan fingerprint density at radius 3 is 2.92 bits per heavy atom. The van der Waals surface area contributed by atoms with Gasteiger partial charge in [-0.3, -0.25) is 0 Å². The number of nitrogens with one attached hydrogen (secondary N) is 1. The maximum Gasteiger partial charge on any atom is 0.240 e. The van der Waals surface area contributed by atoms with Gasteiger partial charge in [-0.2, -0.15) is 0 Å². The van der Waals surface area contributed by atoms with Crippen molar-refractivity contribution in [3.8, 4) is 0 Å². The lowest BCUT2D eigenvalue weighted by molar-refractivity contribution is 0.142. The van der Waals surface area contributed by atoms with Crippen LogP contribution in [-0.4, -0.2) is 22.5 Å². The van der Waals surface area contributed by atoms with Crippen molar-refractivity contribution in [3.63, 3.8) is 0 Å². The zero-order valence-electron chi connectivity index (χ0n) is 6.80. The highest BCUT2D eigenvalue weighted by Crippen LogP contribution is 2.03. The summed E-state index contributed by atoms with van der Waals surface area (Å²) in [5.74, 6) is 0.621. The molecule has 0 aliphatic carbocycles. The first-order valence-corrected chi connectivity index (χ1v) is 3.69. The second kappa shape index (κ2) is 4.04. The van der Waals surface area contributed by atoms with Crippen LogP contribution in [0.1, 0.15) is 6.42 Å². The highest BCUT2D eigenvalue weighted by atomic mass is 19.3. The Balaban J connectivity index is 2.29. The molecule has 5 heteroatoms. The fourth-order valence-corrected chi connectivity index (χ4v) is 0.829. The summed E-state index contributed by atoms with van der Waals surface area (Å²) in [5.41, 5.74) is 0. The lowest BCUT2D eigenvalue weighted by Gasteiger charge is -2.04. The van der Waals surface area contributed by atoms with E-state index in [1.54, 1.807) is 24.0 Å². The minimum Gasteiger partial charge on any atom is -0.355 e. The van der Waals surface area contributed by atoms with Crippen LogP contribution < -0.4 is 5.32 Å². The van der Waals surface area contributed by atoms with Crippen LogP contribution in [0.4, 0.5) is 14.7 Å². The number of hydrogen-bond acceptors (Lipinski definition) is 2. The van der Waals surface area contributed by atoms with Gasteiger partial charge >= 0.3 is 0 Å². The summed E-state index contributed by atoms with van der Waals surface area (Å²) in [5, 5.41) is 2.80. The van der Waals surface area contributed by atoms with Crippen molar-refractivity contribution in [1.29, 1.82) is 0 Å². The van der Waals surface area contributed by atoms with E-state index >= 15 is 0 Å². The quantitative estimate of drug-likeness (QED) is 0.751. The average molecular weight is 175 g/mol. The molecule has 0 fully saturated rings. The van der Waals surface area contributed by atoms with Gasteiger partial charge in [-0.05, 0) is 0 Å². The minimum absolute atomic E-state index is 0.146. The van der Waals surface area contributed by atoms with E-state index in [0.717, 1.165) is 0 Å². The van der Waals surface area contributed by atoms with Gasteiger partial charge in [0.15, 0.2) is 0 Å². The normalized spacial score (nSPS) is 10.7. The van der Waals surface area contributed by atoms with E-state index in [1.807, 2.05) is 0 Å². The molecular formula is C7H11F2N3. The van der Waals surface area contributed by atoms with Crippen molar-refractivity contribution in [2.24, 2.45) is 7.05 Å². The molecule has 0 bridgehead atoms. The van der Waals surface area contributed by atoms with Crippen LogP contribution >= 0.6 is 0 Å². The average Bonchev–Trinajstić information content (AvgIpc) is 2.36. The molecule has 1 heterocycles. The summed E-state index contributed by atoms with van der Waals surface area (Å²) in [7, 11) is 1.80. The second-order valence-electron chi connectivity index (χ2n) is 2.47. The fraction of sp³-hybridized carbons (Fsp3) is 0.571. The van der Waals surface area contributed by atoms with E-state index in [9.17, 15) is 8.78 Å². The molecule has 1 rings (SSSR count). The van der Waals surface area contributed by atoms with Crippen molar-refractivity contribution < 1.29 is 8.78 Å². The molecule has 0 aliphatic heterocycles. The standard InChI is InChI=1S/C7H11F2N3/c1-12-5-4-11-7(12)10-3-2-6(8)9/h4-6H,2-3H2,1H3,(H,10,11). The highest BCUT2D eigenvalue weighted by Gasteiger charge is 2.02. The summed E-state index contributed by atoms with van der Waals surface area (Å²) in [6, 6.07) is 0. The molecule has 0 aliphatic rings. The molecule has 3 nitrogen and oxygen atoms in total. The Hall–Kier alpha value is -1.13. The molecule has 0 unspecified atom stereocenters. The van der Waals surface area contributed by atoms with E-state index < -0.39 is 6.43 Å². The first-order valence-electron chi connectivity index (χ1n) is 3.69. The molecule has 0 spiro atoms. The number of rotatable bonds is 4. The molecule has 0 saturated carbocycles. The third kappa shape index (κ3) is 2.48. The predicted octanol–water partition coefficient (Wildman–Crippen LogP) is 1.49. The van der Waals surface area contributed by atoms with Crippen molar-refractivity contribution in [2.75, 3.05) is 11.9 Å². The van der Waals surface area contributed by atoms with E-state index in [4.69, 9.17) is 0 Å². The SMILES string of the molecule is Cn1ccnc1NCCC(F)F. The Morgan fingerprint density at radius 1 is 1.67 bits per heavy atom. The number of nitrogens with zero attached hydrogens (tertiary/aromatic N) is 2. The zero-order chi connectivity index (χ0) is 8.97. The van der Waals surface area contributed by atoms with Gasteiger partial charge in [0.25, 0.3) is 0 Å². The van der Waals surface area contributed by atoms with Crippen LogP contribution in [0.5, 0.6) is 0 Å². The minimum atomic E-state index is -2.25. The van der Waals surface area contributed by atoms with Crippen LogP contribution in [0.15, 0.2) is 12.4 Å². The Labute approximate surface area is 69.4 Å². The van der Waals surface area contributed by atoms with Gasteiger partial charge in [-0.25, -0.2) is 13.8 Å². The Morgan fingerprint density at radius 2 is 2.42 bits per heavy atom. The monoisotopic (exact) mass is 175 g/mol. The molecule has 12 heavy (non-hydrogen) atoms. The van der Waals surface area contributed by atoms with E-state index in [0.29, 0.717) is 5.95 Å². The van der Waals surface area contributed by atoms with Gasteiger partial charge in [0.05, 0.1) is 0 Å². The van der Waals surface area contributed by atoms with Gasteiger partial charge < -0.3 is 9.88 Å². The van der Waals surface area contributed by atoms with Crippen LogP contribution in [0.2, 0.25) is 0 Å². The Bertz CT molecular complexity index is 234. The first-order chi connectivity index (χ1) is 5.70. The molecule has 1 aromatic heterocycles. The van der Waals surface area contributed by atoms with Gasteiger partial charge in [0.2, 0.25) is 12.4 Å². The number of hydrogen-bond donors (Lipinski definition) is 1. The van der Waals surface area contributed by atoms with Crippen molar-refractivity contribution in [2.45, 2.75) is 12.8 Å². The summed E-state index contributed by atoms with van der Waals surface area (Å²) in [6.07, 6.45) is 0.972. The summed E-state index contributed by atoms with van der Waals surface area (Å²) >= 11 is 0. The lowest BCUT2D eigenvalue weighted by atomic mass is 10.4. The van der Waals surface area contributed by atoms with Gasteiger partial charge in [0.1, 0.15) is 0 Å². The third-order valence-corrected chi connectivity index (χ3v) is 1.47. The van der Waals surface area contributed by atoms with E-state index in [1.165, 1.54) is 0 Å². The second-order valence-corrected chi connectivity index (χ2v) is 2.47.